The molecule has 15 heavy (non-hydrogen) atoms. The van der Waals surface area contributed by atoms with Crippen LogP contribution in [0.5, 0.6) is 0 Å². The van der Waals surface area contributed by atoms with Gasteiger partial charge in [0.2, 0.25) is 0 Å². The van der Waals surface area contributed by atoms with Gasteiger partial charge in [0.15, 0.2) is 0 Å². The first-order chi connectivity index (χ1) is 7.09. The summed E-state index contributed by atoms with van der Waals surface area (Å²) in [7, 11) is 0. The Morgan fingerprint density at radius 3 is 2.20 bits per heavy atom. The molecule has 0 amide bonds. The van der Waals surface area contributed by atoms with Crippen LogP contribution in [0.1, 0.15) is 6.42 Å². The highest BCUT2D eigenvalue weighted by Gasteiger charge is 2.13. The quantitative estimate of drug-likeness (QED) is 0.729. The van der Waals surface area contributed by atoms with Crippen molar-refractivity contribution in [2.75, 3.05) is 0 Å². The van der Waals surface area contributed by atoms with Gasteiger partial charge in [0.05, 0.1) is 12.1 Å². The molecule has 0 fully saturated rings. The van der Waals surface area contributed by atoms with E-state index in [1.807, 2.05) is 0 Å². The average Bonchev–Trinajstić information content (AvgIpc) is 2.17. The number of nitrogens with zero attached hydrogens (tertiary/aromatic N) is 1. The number of aliphatic imine (C=N–C) groups is 1. The van der Waals surface area contributed by atoms with Gasteiger partial charge in [-0.15, -0.1) is 0 Å². The van der Waals surface area contributed by atoms with Crippen LogP contribution in [0.4, 0.5) is 5.69 Å². The smallest absolute Gasteiger partial charge is 0.350 e. The molecule has 1 aromatic carbocycles. The van der Waals surface area contributed by atoms with Crippen molar-refractivity contribution in [1.29, 1.82) is 0 Å². The van der Waals surface area contributed by atoms with Crippen LogP contribution in [-0.2, 0) is 9.59 Å². The summed E-state index contributed by atoms with van der Waals surface area (Å²) in [6, 6.07) is 8.35. The lowest BCUT2D eigenvalue weighted by Gasteiger charge is -1.97. The highest BCUT2D eigenvalue weighted by atomic mass is 16.4. The van der Waals surface area contributed by atoms with Crippen molar-refractivity contribution in [1.82, 2.24) is 0 Å². The fraction of sp³-hybridized carbons (Fsp3) is 0.100. The molecule has 0 aliphatic heterocycles. The van der Waals surface area contributed by atoms with Gasteiger partial charge in [-0.2, -0.15) is 0 Å². The van der Waals surface area contributed by atoms with Crippen LogP contribution in [0, 0.1) is 0 Å². The van der Waals surface area contributed by atoms with Gasteiger partial charge in [-0.25, -0.2) is 9.79 Å². The van der Waals surface area contributed by atoms with Gasteiger partial charge in [-0.3, -0.25) is 4.79 Å². The molecule has 0 atom stereocenters. The zero-order valence-corrected chi connectivity index (χ0v) is 7.75. The fourth-order valence-corrected chi connectivity index (χ4v) is 0.965. The minimum absolute atomic E-state index is 0.381. The Hall–Kier alpha value is -2.17. The van der Waals surface area contributed by atoms with E-state index in [2.05, 4.69) is 4.99 Å². The number of hydrogen-bond acceptors (Lipinski definition) is 3. The second-order valence-corrected chi connectivity index (χ2v) is 2.77. The van der Waals surface area contributed by atoms with E-state index in [9.17, 15) is 9.59 Å². The molecule has 5 nitrogen and oxygen atoms in total. The number of para-hydroxylation sites is 1. The number of hydrogen-bond donors (Lipinski definition) is 2. The van der Waals surface area contributed by atoms with E-state index < -0.39 is 18.4 Å². The Labute approximate surface area is 85.7 Å². The van der Waals surface area contributed by atoms with Crippen molar-refractivity contribution < 1.29 is 19.8 Å². The number of benzene rings is 1. The molecule has 1 rings (SSSR count). The maximum Gasteiger partial charge on any atom is 0.350 e. The Balaban J connectivity index is 2.94. The van der Waals surface area contributed by atoms with Gasteiger partial charge < -0.3 is 10.2 Å². The number of aliphatic carboxylic acids is 2. The molecule has 0 saturated carbocycles. The summed E-state index contributed by atoms with van der Waals surface area (Å²) in [5.41, 5.74) is 0.0462. The van der Waals surface area contributed by atoms with Crippen molar-refractivity contribution in [3.63, 3.8) is 0 Å². The van der Waals surface area contributed by atoms with Crippen LogP contribution in [0.15, 0.2) is 35.3 Å². The van der Waals surface area contributed by atoms with E-state index in [1.54, 1.807) is 30.3 Å². The maximum absolute atomic E-state index is 10.6. The summed E-state index contributed by atoms with van der Waals surface area (Å²) in [5, 5.41) is 17.2. The molecule has 0 aliphatic rings. The van der Waals surface area contributed by atoms with E-state index in [0.717, 1.165) is 0 Å². The van der Waals surface area contributed by atoms with E-state index in [4.69, 9.17) is 10.2 Å². The summed E-state index contributed by atoms with van der Waals surface area (Å²) in [5.74, 6) is -2.53. The van der Waals surface area contributed by atoms with E-state index in [1.165, 1.54) is 0 Å². The Kier molecular flexibility index (Phi) is 3.56. The van der Waals surface area contributed by atoms with Crippen LogP contribution in [0.25, 0.3) is 0 Å². The number of carboxylic acid groups (broad SMARTS) is 2. The largest absolute Gasteiger partial charge is 0.481 e. The minimum Gasteiger partial charge on any atom is -0.481 e. The molecule has 0 bridgehead atoms. The molecule has 0 spiro atoms. The van der Waals surface area contributed by atoms with Crippen molar-refractivity contribution in [3.8, 4) is 0 Å². The Morgan fingerprint density at radius 1 is 1.13 bits per heavy atom. The predicted molar refractivity (Wildman–Crippen MR) is 53.4 cm³/mol. The SMILES string of the molecule is O=C(O)CC(=Nc1ccccc1)C(=O)O. The summed E-state index contributed by atoms with van der Waals surface area (Å²) in [4.78, 5) is 24.7. The Morgan fingerprint density at radius 2 is 1.73 bits per heavy atom. The van der Waals surface area contributed by atoms with Crippen molar-refractivity contribution in [3.05, 3.63) is 30.3 Å². The summed E-state index contributed by atoms with van der Waals surface area (Å²) >= 11 is 0. The molecule has 2 N–H and O–H groups in total. The molecular weight excluding hydrogens is 198 g/mol. The van der Waals surface area contributed by atoms with Crippen molar-refractivity contribution in [2.45, 2.75) is 6.42 Å². The Bertz CT molecular complexity index is 397. The molecule has 5 heteroatoms. The summed E-state index contributed by atoms with van der Waals surface area (Å²) in [6.07, 6.45) is -0.593. The highest BCUT2D eigenvalue weighted by Crippen LogP contribution is 2.11. The van der Waals surface area contributed by atoms with Gasteiger partial charge in [0.25, 0.3) is 0 Å². The molecule has 0 aromatic heterocycles. The van der Waals surface area contributed by atoms with Crippen molar-refractivity contribution >= 4 is 23.3 Å². The fourth-order valence-electron chi connectivity index (χ4n) is 0.965. The lowest BCUT2D eigenvalue weighted by atomic mass is 10.2. The molecule has 0 unspecified atom stereocenters. The van der Waals surface area contributed by atoms with Gasteiger partial charge >= 0.3 is 11.9 Å². The maximum atomic E-state index is 10.6. The van der Waals surface area contributed by atoms with Gasteiger partial charge in [0, 0.05) is 0 Å². The van der Waals surface area contributed by atoms with Crippen molar-refractivity contribution in [2.24, 2.45) is 4.99 Å². The first-order valence-electron chi connectivity index (χ1n) is 4.17. The molecule has 0 aliphatic carbocycles. The van der Waals surface area contributed by atoms with E-state index in [-0.39, 0.29) is 5.71 Å². The zero-order chi connectivity index (χ0) is 11.3. The van der Waals surface area contributed by atoms with Crippen LogP contribution in [-0.4, -0.2) is 27.9 Å². The molecule has 78 valence electrons. The lowest BCUT2D eigenvalue weighted by Crippen LogP contribution is -2.16. The van der Waals surface area contributed by atoms with Crippen LogP contribution in [0.3, 0.4) is 0 Å². The summed E-state index contributed by atoms with van der Waals surface area (Å²) < 4.78 is 0. The first kappa shape index (κ1) is 10.9. The number of carbonyl (C=O) groups is 2. The third-order valence-corrected chi connectivity index (χ3v) is 1.59. The van der Waals surface area contributed by atoms with Gasteiger partial charge in [-0.05, 0) is 12.1 Å². The molecule has 0 radical (unpaired) electrons. The highest BCUT2D eigenvalue weighted by molar-refractivity contribution is 6.39. The molecule has 1 aromatic rings. The zero-order valence-electron chi connectivity index (χ0n) is 7.75. The monoisotopic (exact) mass is 207 g/mol. The van der Waals surface area contributed by atoms with Crippen LogP contribution >= 0.6 is 0 Å². The third-order valence-electron chi connectivity index (χ3n) is 1.59. The molecule has 0 saturated heterocycles. The minimum atomic E-state index is -1.32. The second kappa shape index (κ2) is 4.90. The van der Waals surface area contributed by atoms with Crippen LogP contribution < -0.4 is 0 Å². The number of carboxylic acids is 2. The predicted octanol–water partition coefficient (Wildman–Crippen LogP) is 1.32. The first-order valence-corrected chi connectivity index (χ1v) is 4.17. The summed E-state index contributed by atoms with van der Waals surface area (Å²) in [6.45, 7) is 0. The third kappa shape index (κ3) is 3.60. The normalized spacial score (nSPS) is 11.1. The molecular formula is C10H9NO4. The lowest BCUT2D eigenvalue weighted by molar-refractivity contribution is -0.137. The van der Waals surface area contributed by atoms with E-state index in [0.29, 0.717) is 5.69 Å². The standard InChI is InChI=1S/C10H9NO4/c12-9(13)6-8(10(14)15)11-7-4-2-1-3-5-7/h1-5H,6H2,(H,12,13)(H,14,15). The van der Waals surface area contributed by atoms with Crippen LogP contribution in [0.2, 0.25) is 0 Å². The van der Waals surface area contributed by atoms with E-state index >= 15 is 0 Å². The molecule has 0 heterocycles. The van der Waals surface area contributed by atoms with Gasteiger partial charge in [0.1, 0.15) is 5.71 Å². The topological polar surface area (TPSA) is 87.0 Å². The second-order valence-electron chi connectivity index (χ2n) is 2.77. The number of rotatable bonds is 4. The average molecular weight is 207 g/mol. The van der Waals surface area contributed by atoms with Gasteiger partial charge in [-0.1, -0.05) is 18.2 Å².